The number of nitro benzene ring substituents is 1. The number of rotatable bonds is 5. The van der Waals surface area contributed by atoms with Crippen LogP contribution in [-0.4, -0.2) is 11.5 Å². The van der Waals surface area contributed by atoms with Gasteiger partial charge in [0, 0.05) is 28.8 Å². The molecule has 2 rings (SSSR count). The lowest BCUT2D eigenvalue weighted by Gasteiger charge is -2.09. The molecular weight excluding hydrogens is 320 g/mol. The molecule has 0 aliphatic rings. The molecule has 0 heterocycles. The second-order valence-corrected chi connectivity index (χ2v) is 5.48. The number of anilines is 1. The van der Waals surface area contributed by atoms with Crippen LogP contribution in [0.3, 0.4) is 0 Å². The molecule has 4 nitrogen and oxygen atoms in total. The molecule has 2 aromatic rings. The summed E-state index contributed by atoms with van der Waals surface area (Å²) < 4.78 is 1.07. The molecule has 2 aromatic carbocycles. The molecule has 0 radical (unpaired) electrons. The van der Waals surface area contributed by atoms with Crippen molar-refractivity contribution in [2.45, 2.75) is 13.3 Å². The Morgan fingerprint density at radius 1 is 1.20 bits per heavy atom. The molecule has 0 aliphatic heterocycles. The highest BCUT2D eigenvalue weighted by atomic mass is 79.9. The minimum absolute atomic E-state index is 0.130. The van der Waals surface area contributed by atoms with Crippen LogP contribution in [0.25, 0.3) is 0 Å². The van der Waals surface area contributed by atoms with E-state index >= 15 is 0 Å². The Morgan fingerprint density at radius 2 is 1.90 bits per heavy atom. The standard InChI is InChI=1S/C15H15BrN2O2/c1-11-10-13(16)4-7-15(11)17-9-8-12-2-5-14(6-3-12)18(19)20/h2-7,10,17H,8-9H2,1H3. The maximum atomic E-state index is 10.6. The van der Waals surface area contributed by atoms with E-state index < -0.39 is 0 Å². The van der Waals surface area contributed by atoms with Crippen molar-refractivity contribution < 1.29 is 4.92 Å². The number of nitro groups is 1. The fourth-order valence-electron chi connectivity index (χ4n) is 1.95. The number of nitrogens with zero attached hydrogens (tertiary/aromatic N) is 1. The predicted octanol–water partition coefficient (Wildman–Crippen LogP) is 4.32. The molecule has 0 unspecified atom stereocenters. The Morgan fingerprint density at radius 3 is 2.50 bits per heavy atom. The fraction of sp³-hybridized carbons (Fsp3) is 0.200. The molecule has 20 heavy (non-hydrogen) atoms. The van der Waals surface area contributed by atoms with E-state index in [1.165, 1.54) is 5.56 Å². The van der Waals surface area contributed by atoms with Gasteiger partial charge in [0.1, 0.15) is 0 Å². The van der Waals surface area contributed by atoms with Crippen LogP contribution < -0.4 is 5.32 Å². The lowest BCUT2D eigenvalue weighted by Crippen LogP contribution is -2.06. The van der Waals surface area contributed by atoms with Crippen LogP contribution in [0.2, 0.25) is 0 Å². The summed E-state index contributed by atoms with van der Waals surface area (Å²) in [7, 11) is 0. The summed E-state index contributed by atoms with van der Waals surface area (Å²) >= 11 is 3.44. The van der Waals surface area contributed by atoms with Gasteiger partial charge in [-0.3, -0.25) is 10.1 Å². The smallest absolute Gasteiger partial charge is 0.269 e. The first kappa shape index (κ1) is 14.5. The van der Waals surface area contributed by atoms with Crippen LogP contribution in [0.5, 0.6) is 0 Å². The normalized spacial score (nSPS) is 10.3. The molecule has 0 saturated heterocycles. The number of hydrogen-bond donors (Lipinski definition) is 1. The molecule has 0 atom stereocenters. The molecule has 0 aromatic heterocycles. The van der Waals surface area contributed by atoms with E-state index in [0.717, 1.165) is 28.7 Å². The number of nitrogens with one attached hydrogen (secondary N) is 1. The maximum Gasteiger partial charge on any atom is 0.269 e. The second kappa shape index (κ2) is 6.52. The average Bonchev–Trinajstić information content (AvgIpc) is 2.42. The van der Waals surface area contributed by atoms with Gasteiger partial charge in [0.15, 0.2) is 0 Å². The molecule has 5 heteroatoms. The van der Waals surface area contributed by atoms with Gasteiger partial charge in [-0.15, -0.1) is 0 Å². The molecule has 0 spiro atoms. The zero-order valence-corrected chi connectivity index (χ0v) is 12.7. The number of hydrogen-bond acceptors (Lipinski definition) is 3. The van der Waals surface area contributed by atoms with Crippen LogP contribution in [0.1, 0.15) is 11.1 Å². The number of benzene rings is 2. The van der Waals surface area contributed by atoms with Crippen molar-refractivity contribution in [3.05, 3.63) is 68.2 Å². The van der Waals surface area contributed by atoms with E-state index in [0.29, 0.717) is 0 Å². The summed E-state index contributed by atoms with van der Waals surface area (Å²) in [4.78, 5) is 10.2. The van der Waals surface area contributed by atoms with Crippen LogP contribution in [-0.2, 0) is 6.42 Å². The Labute approximate surface area is 126 Å². The van der Waals surface area contributed by atoms with Gasteiger partial charge in [0.05, 0.1) is 4.92 Å². The number of halogens is 1. The fourth-order valence-corrected chi connectivity index (χ4v) is 2.43. The van der Waals surface area contributed by atoms with E-state index in [4.69, 9.17) is 0 Å². The predicted molar refractivity (Wildman–Crippen MR) is 84.2 cm³/mol. The van der Waals surface area contributed by atoms with Crippen molar-refractivity contribution >= 4 is 27.3 Å². The SMILES string of the molecule is Cc1cc(Br)ccc1NCCc1ccc([N+](=O)[O-])cc1. The van der Waals surface area contributed by atoms with E-state index in [1.807, 2.05) is 12.1 Å². The van der Waals surface area contributed by atoms with Crippen molar-refractivity contribution in [2.75, 3.05) is 11.9 Å². The van der Waals surface area contributed by atoms with Gasteiger partial charge in [-0.1, -0.05) is 28.1 Å². The van der Waals surface area contributed by atoms with Crippen LogP contribution >= 0.6 is 15.9 Å². The topological polar surface area (TPSA) is 55.2 Å². The summed E-state index contributed by atoms with van der Waals surface area (Å²) in [5.41, 5.74) is 3.50. The van der Waals surface area contributed by atoms with Gasteiger partial charge < -0.3 is 5.32 Å². The molecule has 0 saturated carbocycles. The lowest BCUT2D eigenvalue weighted by atomic mass is 10.1. The molecule has 104 valence electrons. The first-order valence-electron chi connectivity index (χ1n) is 6.29. The van der Waals surface area contributed by atoms with Crippen molar-refractivity contribution in [3.8, 4) is 0 Å². The van der Waals surface area contributed by atoms with Crippen molar-refractivity contribution in [1.29, 1.82) is 0 Å². The Bertz CT molecular complexity index is 612. The molecule has 1 N–H and O–H groups in total. The summed E-state index contributed by atoms with van der Waals surface area (Å²) in [5, 5.41) is 13.9. The van der Waals surface area contributed by atoms with Gasteiger partial charge in [0.25, 0.3) is 5.69 Å². The first-order chi connectivity index (χ1) is 9.56. The summed E-state index contributed by atoms with van der Waals surface area (Å²) in [6.07, 6.45) is 0.827. The van der Waals surface area contributed by atoms with Crippen molar-refractivity contribution in [2.24, 2.45) is 0 Å². The van der Waals surface area contributed by atoms with Crippen LogP contribution in [0.4, 0.5) is 11.4 Å². The van der Waals surface area contributed by atoms with E-state index in [1.54, 1.807) is 24.3 Å². The third kappa shape index (κ3) is 3.81. The molecule has 0 amide bonds. The Balaban J connectivity index is 1.91. The lowest BCUT2D eigenvalue weighted by molar-refractivity contribution is -0.384. The van der Waals surface area contributed by atoms with Gasteiger partial charge >= 0.3 is 0 Å². The zero-order valence-electron chi connectivity index (χ0n) is 11.1. The summed E-state index contributed by atoms with van der Waals surface area (Å²) in [6, 6.07) is 12.8. The molecule has 0 aliphatic carbocycles. The van der Waals surface area contributed by atoms with E-state index in [2.05, 4.69) is 34.2 Å². The second-order valence-electron chi connectivity index (χ2n) is 4.56. The van der Waals surface area contributed by atoms with Crippen LogP contribution in [0.15, 0.2) is 46.9 Å². The van der Waals surface area contributed by atoms with Crippen LogP contribution in [0, 0.1) is 17.0 Å². The third-order valence-corrected chi connectivity index (χ3v) is 3.56. The summed E-state index contributed by atoms with van der Waals surface area (Å²) in [6.45, 7) is 2.85. The maximum absolute atomic E-state index is 10.6. The largest absolute Gasteiger partial charge is 0.384 e. The third-order valence-electron chi connectivity index (χ3n) is 3.06. The Hall–Kier alpha value is -1.88. The molecular formula is C15H15BrN2O2. The highest BCUT2D eigenvalue weighted by Crippen LogP contribution is 2.20. The zero-order chi connectivity index (χ0) is 14.5. The van der Waals surface area contributed by atoms with E-state index in [-0.39, 0.29) is 10.6 Å². The highest BCUT2D eigenvalue weighted by Gasteiger charge is 2.04. The Kier molecular flexibility index (Phi) is 4.74. The minimum atomic E-state index is -0.382. The van der Waals surface area contributed by atoms with Gasteiger partial charge in [-0.25, -0.2) is 0 Å². The summed E-state index contributed by atoms with van der Waals surface area (Å²) in [5.74, 6) is 0. The number of non-ortho nitro benzene ring substituents is 1. The van der Waals surface area contributed by atoms with Gasteiger partial charge in [-0.05, 0) is 42.7 Å². The quantitative estimate of drug-likeness (QED) is 0.654. The van der Waals surface area contributed by atoms with E-state index in [9.17, 15) is 10.1 Å². The number of aryl methyl sites for hydroxylation is 1. The van der Waals surface area contributed by atoms with Gasteiger partial charge in [0.2, 0.25) is 0 Å². The van der Waals surface area contributed by atoms with Gasteiger partial charge in [-0.2, -0.15) is 0 Å². The van der Waals surface area contributed by atoms with Crippen molar-refractivity contribution in [3.63, 3.8) is 0 Å². The minimum Gasteiger partial charge on any atom is -0.384 e. The first-order valence-corrected chi connectivity index (χ1v) is 7.09. The monoisotopic (exact) mass is 334 g/mol. The highest BCUT2D eigenvalue weighted by molar-refractivity contribution is 9.10. The van der Waals surface area contributed by atoms with Crippen molar-refractivity contribution in [1.82, 2.24) is 0 Å². The molecule has 0 bridgehead atoms. The average molecular weight is 335 g/mol. The molecule has 0 fully saturated rings.